The van der Waals surface area contributed by atoms with Gasteiger partial charge in [-0.1, -0.05) is 6.08 Å². The number of allylic oxidation sites excluding steroid dienone is 1. The van der Waals surface area contributed by atoms with Gasteiger partial charge in [0, 0.05) is 37.3 Å². The molecule has 0 saturated carbocycles. The smallest absolute Gasteiger partial charge is 0.254 e. The zero-order valence-corrected chi connectivity index (χ0v) is 12.7. The van der Waals surface area contributed by atoms with Crippen molar-refractivity contribution in [2.24, 2.45) is 5.92 Å². The van der Waals surface area contributed by atoms with Crippen molar-refractivity contribution in [1.82, 2.24) is 9.88 Å². The Kier molecular flexibility index (Phi) is 4.73. The Bertz CT molecular complexity index is 532. The van der Waals surface area contributed by atoms with Crippen molar-refractivity contribution in [3.8, 4) is 5.88 Å². The highest BCUT2D eigenvalue weighted by atomic mass is 16.5. The third-order valence-corrected chi connectivity index (χ3v) is 4.32. The lowest BCUT2D eigenvalue weighted by atomic mass is 9.97. The normalized spacial score (nSPS) is 22.5. The van der Waals surface area contributed by atoms with Gasteiger partial charge in [0.1, 0.15) is 6.10 Å². The van der Waals surface area contributed by atoms with Crippen LogP contribution in [0, 0.1) is 5.92 Å². The molecule has 0 spiro atoms. The summed E-state index contributed by atoms with van der Waals surface area (Å²) in [7, 11) is 0. The van der Waals surface area contributed by atoms with E-state index in [2.05, 4.69) is 11.6 Å². The van der Waals surface area contributed by atoms with Gasteiger partial charge >= 0.3 is 0 Å². The molecule has 0 aliphatic carbocycles. The van der Waals surface area contributed by atoms with Gasteiger partial charge in [-0.05, 0) is 24.8 Å². The maximum Gasteiger partial charge on any atom is 0.254 e. The molecule has 118 valence electrons. The van der Waals surface area contributed by atoms with Gasteiger partial charge in [0.15, 0.2) is 0 Å². The molecule has 0 aromatic carbocycles. The highest BCUT2D eigenvalue weighted by Crippen LogP contribution is 2.21. The summed E-state index contributed by atoms with van der Waals surface area (Å²) in [5.74, 6) is 1.09. The zero-order chi connectivity index (χ0) is 15.4. The van der Waals surface area contributed by atoms with Crippen molar-refractivity contribution in [2.45, 2.75) is 25.4 Å². The number of amides is 1. The minimum absolute atomic E-state index is 0.0428. The minimum Gasteiger partial charge on any atom is -0.472 e. The topological polar surface area (TPSA) is 51.7 Å². The number of pyridine rings is 1. The van der Waals surface area contributed by atoms with Crippen LogP contribution < -0.4 is 4.74 Å². The number of rotatable bonds is 4. The predicted molar refractivity (Wildman–Crippen MR) is 82.9 cm³/mol. The molecule has 22 heavy (non-hydrogen) atoms. The number of likely N-dealkylation sites (tertiary alicyclic amines) is 1. The van der Waals surface area contributed by atoms with E-state index in [4.69, 9.17) is 9.47 Å². The Hall–Kier alpha value is -1.88. The first-order chi connectivity index (χ1) is 10.8. The van der Waals surface area contributed by atoms with E-state index < -0.39 is 0 Å². The summed E-state index contributed by atoms with van der Waals surface area (Å²) in [6.45, 7) is 6.71. The van der Waals surface area contributed by atoms with Crippen LogP contribution in [0.15, 0.2) is 31.0 Å². The summed E-state index contributed by atoms with van der Waals surface area (Å²) in [4.78, 5) is 18.7. The van der Waals surface area contributed by atoms with E-state index in [0.29, 0.717) is 24.0 Å². The number of carbonyl (C=O) groups is 1. The summed E-state index contributed by atoms with van der Waals surface area (Å²) in [6.07, 6.45) is 6.51. The molecule has 0 radical (unpaired) electrons. The zero-order valence-electron chi connectivity index (χ0n) is 12.7. The van der Waals surface area contributed by atoms with Crippen LogP contribution >= 0.6 is 0 Å². The number of piperidine rings is 1. The molecule has 3 heterocycles. The molecular formula is C17H22N2O3. The van der Waals surface area contributed by atoms with Crippen molar-refractivity contribution in [3.05, 3.63) is 36.5 Å². The first kappa shape index (κ1) is 15.0. The van der Waals surface area contributed by atoms with E-state index in [9.17, 15) is 4.79 Å². The standard InChI is InChI=1S/C17H22N2O3/c1-2-13-4-8-19(9-5-13)17(20)14-3-7-18-16(11-14)22-15-6-10-21-12-15/h2-3,7,11,13,15H,1,4-6,8-10,12H2/t15-/m0/s1. The largest absolute Gasteiger partial charge is 0.472 e. The number of hydrogen-bond donors (Lipinski definition) is 0. The van der Waals surface area contributed by atoms with Gasteiger partial charge in [-0.3, -0.25) is 4.79 Å². The molecule has 1 aromatic rings. The van der Waals surface area contributed by atoms with Gasteiger partial charge in [-0.25, -0.2) is 4.98 Å². The summed E-state index contributed by atoms with van der Waals surface area (Å²) in [6, 6.07) is 3.49. The van der Waals surface area contributed by atoms with Gasteiger partial charge in [-0.2, -0.15) is 0 Å². The Morgan fingerprint density at radius 3 is 2.91 bits per heavy atom. The Morgan fingerprint density at radius 1 is 1.41 bits per heavy atom. The van der Waals surface area contributed by atoms with Crippen LogP contribution in [0.4, 0.5) is 0 Å². The fraction of sp³-hybridized carbons (Fsp3) is 0.529. The number of ether oxygens (including phenoxy) is 2. The Balaban J connectivity index is 1.63. The van der Waals surface area contributed by atoms with E-state index >= 15 is 0 Å². The quantitative estimate of drug-likeness (QED) is 0.801. The molecule has 1 atom stereocenters. The van der Waals surface area contributed by atoms with Crippen molar-refractivity contribution < 1.29 is 14.3 Å². The predicted octanol–water partition coefficient (Wildman–Crippen LogP) is 2.29. The summed E-state index contributed by atoms with van der Waals surface area (Å²) in [5.41, 5.74) is 0.640. The molecule has 3 rings (SSSR count). The molecule has 0 bridgehead atoms. The highest BCUT2D eigenvalue weighted by Gasteiger charge is 2.23. The summed E-state index contributed by atoms with van der Waals surface area (Å²) >= 11 is 0. The lowest BCUT2D eigenvalue weighted by Crippen LogP contribution is -2.38. The van der Waals surface area contributed by atoms with Crippen LogP contribution in [0.3, 0.4) is 0 Å². The Morgan fingerprint density at radius 2 is 2.23 bits per heavy atom. The molecule has 0 unspecified atom stereocenters. The van der Waals surface area contributed by atoms with Crippen LogP contribution in [0.2, 0.25) is 0 Å². The number of nitrogens with zero attached hydrogens (tertiary/aromatic N) is 2. The average molecular weight is 302 g/mol. The molecule has 5 heteroatoms. The van der Waals surface area contributed by atoms with Gasteiger partial charge in [0.25, 0.3) is 5.91 Å². The number of aromatic nitrogens is 1. The fourth-order valence-electron chi connectivity index (χ4n) is 2.90. The average Bonchev–Trinajstić information content (AvgIpc) is 3.07. The molecule has 0 N–H and O–H groups in total. The molecule has 2 aliphatic rings. The van der Waals surface area contributed by atoms with Crippen LogP contribution in [-0.4, -0.2) is 48.2 Å². The van der Waals surface area contributed by atoms with E-state index in [-0.39, 0.29) is 12.0 Å². The second-order valence-corrected chi connectivity index (χ2v) is 5.85. The lowest BCUT2D eigenvalue weighted by Gasteiger charge is -2.30. The number of hydrogen-bond acceptors (Lipinski definition) is 4. The molecule has 2 fully saturated rings. The highest BCUT2D eigenvalue weighted by molar-refractivity contribution is 5.94. The fourth-order valence-corrected chi connectivity index (χ4v) is 2.90. The second-order valence-electron chi connectivity index (χ2n) is 5.85. The number of carbonyl (C=O) groups excluding carboxylic acids is 1. The maximum absolute atomic E-state index is 12.6. The van der Waals surface area contributed by atoms with Crippen LogP contribution in [0.25, 0.3) is 0 Å². The minimum atomic E-state index is 0.0428. The first-order valence-electron chi connectivity index (χ1n) is 7.88. The van der Waals surface area contributed by atoms with E-state index in [1.54, 1.807) is 18.3 Å². The van der Waals surface area contributed by atoms with Crippen molar-refractivity contribution in [1.29, 1.82) is 0 Å². The molecule has 2 aliphatic heterocycles. The monoisotopic (exact) mass is 302 g/mol. The first-order valence-corrected chi connectivity index (χ1v) is 7.88. The second kappa shape index (κ2) is 6.92. The third-order valence-electron chi connectivity index (χ3n) is 4.32. The van der Waals surface area contributed by atoms with Gasteiger partial charge < -0.3 is 14.4 Å². The van der Waals surface area contributed by atoms with E-state index in [1.165, 1.54) is 0 Å². The lowest BCUT2D eigenvalue weighted by molar-refractivity contribution is 0.0704. The van der Waals surface area contributed by atoms with Crippen molar-refractivity contribution in [3.63, 3.8) is 0 Å². The molecule has 5 nitrogen and oxygen atoms in total. The van der Waals surface area contributed by atoms with Gasteiger partial charge in [0.2, 0.25) is 5.88 Å². The van der Waals surface area contributed by atoms with Crippen LogP contribution in [0.5, 0.6) is 5.88 Å². The van der Waals surface area contributed by atoms with E-state index in [1.807, 2.05) is 11.0 Å². The molecule has 2 saturated heterocycles. The molecule has 1 amide bonds. The summed E-state index contributed by atoms with van der Waals surface area (Å²) < 4.78 is 11.1. The van der Waals surface area contributed by atoms with Gasteiger partial charge in [0.05, 0.1) is 13.2 Å². The van der Waals surface area contributed by atoms with Crippen LogP contribution in [0.1, 0.15) is 29.6 Å². The molecular weight excluding hydrogens is 280 g/mol. The third kappa shape index (κ3) is 3.47. The SMILES string of the molecule is C=CC1CCN(C(=O)c2ccnc(O[C@H]3CCOC3)c2)CC1. The Labute approximate surface area is 130 Å². The van der Waals surface area contributed by atoms with Crippen molar-refractivity contribution >= 4 is 5.91 Å². The van der Waals surface area contributed by atoms with Crippen molar-refractivity contribution in [2.75, 3.05) is 26.3 Å². The summed E-state index contributed by atoms with van der Waals surface area (Å²) in [5, 5.41) is 0. The van der Waals surface area contributed by atoms with Gasteiger partial charge in [-0.15, -0.1) is 6.58 Å². The van der Waals surface area contributed by atoms with Crippen LogP contribution in [-0.2, 0) is 4.74 Å². The molecule has 1 aromatic heterocycles. The van der Waals surface area contributed by atoms with E-state index in [0.717, 1.165) is 39.0 Å². The maximum atomic E-state index is 12.6.